The number of furan rings is 1. The van der Waals surface area contributed by atoms with Crippen molar-refractivity contribution in [2.45, 2.75) is 34.0 Å². The topological polar surface area (TPSA) is 26.0 Å². The molecule has 0 saturated heterocycles. The fourth-order valence-electron chi connectivity index (χ4n) is 3.84. The molecule has 0 bridgehead atoms. The van der Waals surface area contributed by atoms with Crippen LogP contribution in [0.25, 0.3) is 44.0 Å². The third-order valence-electron chi connectivity index (χ3n) is 5.08. The summed E-state index contributed by atoms with van der Waals surface area (Å²) in [6.07, 6.45) is -0.607. The molecular formula is C27H25NO. The van der Waals surface area contributed by atoms with E-state index < -0.39 is 18.6 Å². The van der Waals surface area contributed by atoms with Crippen LogP contribution in [0, 0.1) is 12.3 Å². The fourth-order valence-corrected chi connectivity index (χ4v) is 3.84. The molecule has 0 spiro atoms. The van der Waals surface area contributed by atoms with Gasteiger partial charge in [0.1, 0.15) is 11.2 Å². The second-order valence-electron chi connectivity index (χ2n) is 8.44. The standard InChI is InChI=1S/C27H25NO/c1-17-16-28-24(14-19(17)15-27(2,3)4)23-11-7-10-21-22-13-12-18-8-5-6-9-20(18)25(22)29-26(21)23/h5-14,16H,15H2,1-4H3/i1D3,15D2. The number of aromatic nitrogens is 1. The summed E-state index contributed by atoms with van der Waals surface area (Å²) >= 11 is 0. The van der Waals surface area contributed by atoms with Crippen molar-refractivity contribution in [3.05, 3.63) is 78.0 Å². The lowest BCUT2D eigenvalue weighted by Crippen LogP contribution is -2.10. The number of rotatable bonds is 2. The quantitative estimate of drug-likeness (QED) is 0.312. The minimum absolute atomic E-state index is 0.0704. The predicted molar refractivity (Wildman–Crippen MR) is 122 cm³/mol. The summed E-state index contributed by atoms with van der Waals surface area (Å²) in [5.74, 6) is 0. The van der Waals surface area contributed by atoms with Crippen LogP contribution in [-0.2, 0) is 6.37 Å². The Labute approximate surface area is 178 Å². The lowest BCUT2D eigenvalue weighted by molar-refractivity contribution is 0.410. The van der Waals surface area contributed by atoms with Gasteiger partial charge in [0.25, 0.3) is 0 Å². The van der Waals surface area contributed by atoms with Gasteiger partial charge < -0.3 is 4.42 Å². The number of hydrogen-bond acceptors (Lipinski definition) is 2. The van der Waals surface area contributed by atoms with Crippen molar-refractivity contribution in [1.82, 2.24) is 4.98 Å². The molecule has 0 N–H and O–H groups in total. The molecule has 2 nitrogen and oxygen atoms in total. The molecule has 0 atom stereocenters. The third-order valence-corrected chi connectivity index (χ3v) is 5.08. The van der Waals surface area contributed by atoms with E-state index >= 15 is 0 Å². The molecule has 0 aliphatic carbocycles. The van der Waals surface area contributed by atoms with E-state index in [4.69, 9.17) is 11.3 Å². The van der Waals surface area contributed by atoms with Crippen LogP contribution in [0.3, 0.4) is 0 Å². The summed E-state index contributed by atoms with van der Waals surface area (Å²) < 4.78 is 47.9. The SMILES string of the molecule is [2H]C([2H])([2H])c1cnc(-c2cccc3c2oc2c4ccccc4ccc32)cc1C([2H])([2H])C(C)(C)C. The molecule has 3 aromatic carbocycles. The monoisotopic (exact) mass is 384 g/mol. The second kappa shape index (κ2) is 6.45. The zero-order chi connectivity index (χ0) is 24.5. The lowest BCUT2D eigenvalue weighted by Gasteiger charge is -2.20. The first-order chi connectivity index (χ1) is 15.9. The first-order valence-electron chi connectivity index (χ1n) is 12.2. The summed E-state index contributed by atoms with van der Waals surface area (Å²) in [5.41, 5.74) is 1.83. The number of pyridine rings is 1. The zero-order valence-electron chi connectivity index (χ0n) is 21.7. The summed E-state index contributed by atoms with van der Waals surface area (Å²) in [6.45, 7) is 2.81. The molecular weight excluding hydrogens is 354 g/mol. The highest BCUT2D eigenvalue weighted by molar-refractivity contribution is 6.17. The van der Waals surface area contributed by atoms with E-state index in [0.717, 1.165) is 27.1 Å². The van der Waals surface area contributed by atoms with Crippen LogP contribution in [0.1, 0.15) is 38.8 Å². The number of aryl methyl sites for hydroxylation is 1. The van der Waals surface area contributed by atoms with Crippen molar-refractivity contribution in [3.8, 4) is 11.3 Å². The van der Waals surface area contributed by atoms with Crippen LogP contribution in [0.5, 0.6) is 0 Å². The molecule has 0 aliphatic rings. The van der Waals surface area contributed by atoms with Gasteiger partial charge in [-0.15, -0.1) is 0 Å². The number of fused-ring (bicyclic) bond motifs is 5. The Morgan fingerprint density at radius 1 is 0.931 bits per heavy atom. The van der Waals surface area contributed by atoms with Gasteiger partial charge in [-0.3, -0.25) is 4.98 Å². The Morgan fingerprint density at radius 2 is 1.72 bits per heavy atom. The first kappa shape index (κ1) is 13.2. The maximum Gasteiger partial charge on any atom is 0.144 e. The Hall–Kier alpha value is -3.13. The molecule has 29 heavy (non-hydrogen) atoms. The van der Waals surface area contributed by atoms with Gasteiger partial charge in [-0.05, 0) is 53.4 Å². The Morgan fingerprint density at radius 3 is 2.55 bits per heavy atom. The van der Waals surface area contributed by atoms with E-state index in [-0.39, 0.29) is 11.1 Å². The molecule has 0 radical (unpaired) electrons. The fraction of sp³-hybridized carbons (Fsp3) is 0.222. The van der Waals surface area contributed by atoms with Crippen LogP contribution < -0.4 is 0 Å². The average Bonchev–Trinajstić information content (AvgIpc) is 3.16. The molecule has 144 valence electrons. The predicted octanol–water partition coefficient (Wildman–Crippen LogP) is 7.70. The van der Waals surface area contributed by atoms with E-state index in [9.17, 15) is 0 Å². The highest BCUT2D eigenvalue weighted by Gasteiger charge is 2.17. The lowest BCUT2D eigenvalue weighted by atomic mass is 9.86. The molecule has 0 amide bonds. The van der Waals surface area contributed by atoms with E-state index in [1.165, 1.54) is 6.20 Å². The van der Waals surface area contributed by atoms with Crippen LogP contribution >= 0.6 is 0 Å². The van der Waals surface area contributed by atoms with Crippen molar-refractivity contribution in [3.63, 3.8) is 0 Å². The smallest absolute Gasteiger partial charge is 0.144 e. The van der Waals surface area contributed by atoms with Gasteiger partial charge in [0.2, 0.25) is 0 Å². The highest BCUT2D eigenvalue weighted by Crippen LogP contribution is 2.38. The van der Waals surface area contributed by atoms with Crippen molar-refractivity contribution in [1.29, 1.82) is 0 Å². The molecule has 0 saturated carbocycles. The highest BCUT2D eigenvalue weighted by atomic mass is 16.3. The molecule has 0 fully saturated rings. The van der Waals surface area contributed by atoms with Gasteiger partial charge in [0, 0.05) is 34.8 Å². The Balaban J connectivity index is 1.80. The van der Waals surface area contributed by atoms with Crippen molar-refractivity contribution in [2.75, 3.05) is 0 Å². The average molecular weight is 385 g/mol. The number of hydrogen-bond donors (Lipinski definition) is 0. The summed E-state index contributed by atoms with van der Waals surface area (Å²) in [6, 6.07) is 19.5. The Bertz CT molecular complexity index is 1560. The third kappa shape index (κ3) is 3.09. The van der Waals surface area contributed by atoms with Crippen LogP contribution in [0.15, 0.2) is 71.3 Å². The summed E-state index contributed by atoms with van der Waals surface area (Å²) in [7, 11) is 0. The Kier molecular flexibility index (Phi) is 2.93. The molecule has 5 aromatic rings. The molecule has 0 unspecified atom stereocenters. The molecule has 2 aromatic heterocycles. The minimum Gasteiger partial charge on any atom is -0.455 e. The van der Waals surface area contributed by atoms with E-state index in [0.29, 0.717) is 16.8 Å². The van der Waals surface area contributed by atoms with Crippen molar-refractivity contribution >= 4 is 32.7 Å². The molecule has 2 heteroatoms. The van der Waals surface area contributed by atoms with Crippen molar-refractivity contribution in [2.24, 2.45) is 5.41 Å². The van der Waals surface area contributed by atoms with Gasteiger partial charge in [0.05, 0.1) is 5.69 Å². The number of benzene rings is 3. The zero-order valence-corrected chi connectivity index (χ0v) is 16.7. The van der Waals surface area contributed by atoms with Gasteiger partial charge in [-0.2, -0.15) is 0 Å². The van der Waals surface area contributed by atoms with Crippen LogP contribution in [-0.4, -0.2) is 4.98 Å². The van der Waals surface area contributed by atoms with E-state index in [1.54, 1.807) is 26.8 Å². The maximum atomic E-state index is 8.81. The second-order valence-corrected chi connectivity index (χ2v) is 8.44. The van der Waals surface area contributed by atoms with E-state index in [1.807, 2.05) is 48.5 Å². The van der Waals surface area contributed by atoms with Crippen LogP contribution in [0.2, 0.25) is 0 Å². The van der Waals surface area contributed by atoms with Crippen molar-refractivity contribution < 1.29 is 11.3 Å². The van der Waals surface area contributed by atoms with Crippen LogP contribution in [0.4, 0.5) is 0 Å². The van der Waals surface area contributed by atoms with E-state index in [2.05, 4.69) is 11.1 Å². The first-order valence-corrected chi connectivity index (χ1v) is 9.74. The minimum atomic E-state index is -2.48. The number of nitrogens with zero attached hydrogens (tertiary/aromatic N) is 1. The normalized spacial score (nSPS) is 15.8. The van der Waals surface area contributed by atoms with Gasteiger partial charge in [-0.25, -0.2) is 0 Å². The van der Waals surface area contributed by atoms with Gasteiger partial charge in [-0.1, -0.05) is 63.2 Å². The largest absolute Gasteiger partial charge is 0.455 e. The maximum absolute atomic E-state index is 8.81. The van der Waals surface area contributed by atoms with Gasteiger partial charge in [0.15, 0.2) is 0 Å². The number of para-hydroxylation sites is 1. The van der Waals surface area contributed by atoms with Gasteiger partial charge >= 0.3 is 0 Å². The summed E-state index contributed by atoms with van der Waals surface area (Å²) in [4.78, 5) is 4.47. The summed E-state index contributed by atoms with van der Waals surface area (Å²) in [5, 5.41) is 4.01. The molecule has 2 heterocycles. The molecule has 0 aliphatic heterocycles. The molecule has 5 rings (SSSR count).